The first-order valence-electron chi connectivity index (χ1n) is 4.56. The molecule has 11 heteroatoms. The fraction of sp³-hybridized carbons (Fsp3) is 0.750. The quantitative estimate of drug-likeness (QED) is 0.666. The van der Waals surface area contributed by atoms with E-state index in [0.717, 1.165) is 5.32 Å². The lowest BCUT2D eigenvalue weighted by atomic mass is 10.1. The summed E-state index contributed by atoms with van der Waals surface area (Å²) >= 11 is 0. The predicted octanol–water partition coefficient (Wildman–Crippen LogP) is 0.679. The summed E-state index contributed by atoms with van der Waals surface area (Å²) in [5.74, 6) is -8.69. The lowest BCUT2D eigenvalue weighted by Crippen LogP contribution is -2.53. The normalized spacial score (nSPS) is 16.1. The molecule has 0 aromatic carbocycles. The second-order valence-corrected chi connectivity index (χ2v) is 3.81. The third kappa shape index (κ3) is 4.93. The highest BCUT2D eigenvalue weighted by Gasteiger charge is 2.61. The highest BCUT2D eigenvalue weighted by Crippen LogP contribution is 2.39. The molecule has 0 spiro atoms. The standard InChI is InChI=1S/C8H9F6NO4/c1-6(19,5(17)18)2-15-4(16)3(7(9,10)11)8(12,13)14/h3,19H,2H2,1H3,(H,15,16)(H,17,18). The summed E-state index contributed by atoms with van der Waals surface area (Å²) < 4.78 is 72.5. The molecule has 112 valence electrons. The zero-order valence-corrected chi connectivity index (χ0v) is 9.26. The van der Waals surface area contributed by atoms with Crippen LogP contribution in [-0.2, 0) is 9.59 Å². The van der Waals surface area contributed by atoms with Gasteiger partial charge in [0.05, 0.1) is 6.54 Å². The van der Waals surface area contributed by atoms with Gasteiger partial charge >= 0.3 is 18.3 Å². The third-order valence-corrected chi connectivity index (χ3v) is 1.98. The zero-order chi connectivity index (χ0) is 15.6. The smallest absolute Gasteiger partial charge is 0.409 e. The second kappa shape index (κ2) is 5.23. The van der Waals surface area contributed by atoms with Crippen molar-refractivity contribution < 1.29 is 46.1 Å². The van der Waals surface area contributed by atoms with Crippen molar-refractivity contribution in [2.24, 2.45) is 5.92 Å². The molecule has 0 aromatic rings. The summed E-state index contributed by atoms with van der Waals surface area (Å²) in [6.07, 6.45) is -11.8. The molecule has 0 aromatic heterocycles. The number of carbonyl (C=O) groups excluding carboxylic acids is 1. The molecule has 19 heavy (non-hydrogen) atoms. The Morgan fingerprint density at radius 1 is 1.11 bits per heavy atom. The van der Waals surface area contributed by atoms with Crippen LogP contribution in [0.2, 0.25) is 0 Å². The van der Waals surface area contributed by atoms with Gasteiger partial charge in [-0.25, -0.2) is 4.79 Å². The van der Waals surface area contributed by atoms with Crippen LogP contribution in [0.5, 0.6) is 0 Å². The summed E-state index contributed by atoms with van der Waals surface area (Å²) in [6, 6.07) is 0. The number of carboxylic acid groups (broad SMARTS) is 1. The molecular formula is C8H9F6NO4. The number of carbonyl (C=O) groups is 2. The molecule has 0 aliphatic heterocycles. The van der Waals surface area contributed by atoms with E-state index < -0.39 is 42.3 Å². The maximum atomic E-state index is 12.1. The summed E-state index contributed by atoms with van der Waals surface area (Å²) in [4.78, 5) is 21.2. The average molecular weight is 297 g/mol. The summed E-state index contributed by atoms with van der Waals surface area (Å²) in [5.41, 5.74) is -2.68. The minimum Gasteiger partial charge on any atom is -0.479 e. The van der Waals surface area contributed by atoms with Crippen LogP contribution in [0, 0.1) is 5.92 Å². The molecule has 0 fully saturated rings. The number of amides is 1. The largest absolute Gasteiger partial charge is 0.479 e. The molecule has 0 bridgehead atoms. The van der Waals surface area contributed by atoms with Crippen molar-refractivity contribution in [3.05, 3.63) is 0 Å². The molecule has 0 aliphatic carbocycles. The summed E-state index contributed by atoms with van der Waals surface area (Å²) in [6.45, 7) is -0.699. The Balaban J connectivity index is 4.94. The first-order valence-corrected chi connectivity index (χ1v) is 4.56. The molecular weight excluding hydrogens is 288 g/mol. The van der Waals surface area contributed by atoms with E-state index in [1.807, 2.05) is 0 Å². The van der Waals surface area contributed by atoms with Gasteiger partial charge in [-0.15, -0.1) is 0 Å². The van der Waals surface area contributed by atoms with Crippen LogP contribution in [0.15, 0.2) is 0 Å². The van der Waals surface area contributed by atoms with Crippen LogP contribution in [0.3, 0.4) is 0 Å². The van der Waals surface area contributed by atoms with Gasteiger partial charge in [0.1, 0.15) is 0 Å². The van der Waals surface area contributed by atoms with Gasteiger partial charge < -0.3 is 15.5 Å². The van der Waals surface area contributed by atoms with Gasteiger partial charge in [-0.1, -0.05) is 0 Å². The first-order chi connectivity index (χ1) is 8.19. The number of aliphatic hydroxyl groups is 1. The van der Waals surface area contributed by atoms with Gasteiger partial charge in [0, 0.05) is 0 Å². The molecule has 1 unspecified atom stereocenters. The molecule has 5 nitrogen and oxygen atoms in total. The van der Waals surface area contributed by atoms with Crippen LogP contribution >= 0.6 is 0 Å². The number of nitrogens with one attached hydrogen (secondary N) is 1. The molecule has 0 aliphatic rings. The molecule has 0 heterocycles. The minimum atomic E-state index is -5.88. The number of hydrogen-bond donors (Lipinski definition) is 3. The van der Waals surface area contributed by atoms with Crippen LogP contribution in [0.1, 0.15) is 6.92 Å². The van der Waals surface area contributed by atoms with Crippen molar-refractivity contribution in [1.82, 2.24) is 5.32 Å². The fourth-order valence-electron chi connectivity index (χ4n) is 0.920. The Morgan fingerprint density at radius 3 is 1.74 bits per heavy atom. The van der Waals surface area contributed by atoms with E-state index in [0.29, 0.717) is 6.92 Å². The van der Waals surface area contributed by atoms with Gasteiger partial charge in [-0.3, -0.25) is 4.79 Å². The first kappa shape index (κ1) is 17.5. The highest BCUT2D eigenvalue weighted by molar-refractivity contribution is 5.82. The van der Waals surface area contributed by atoms with Gasteiger partial charge in [-0.2, -0.15) is 26.3 Å². The van der Waals surface area contributed by atoms with E-state index in [2.05, 4.69) is 0 Å². The lowest BCUT2D eigenvalue weighted by Gasteiger charge is -2.24. The second-order valence-electron chi connectivity index (χ2n) is 3.81. The fourth-order valence-corrected chi connectivity index (χ4v) is 0.920. The Bertz CT molecular complexity index is 347. The summed E-state index contributed by atoms with van der Waals surface area (Å²) in [7, 11) is 0. The molecule has 1 atom stereocenters. The Morgan fingerprint density at radius 2 is 1.47 bits per heavy atom. The Labute approximate surface area is 102 Å². The Hall–Kier alpha value is -1.52. The SMILES string of the molecule is CC(O)(CNC(=O)C(C(F)(F)F)C(F)(F)F)C(=O)O. The van der Waals surface area contributed by atoms with Crippen molar-refractivity contribution in [3.63, 3.8) is 0 Å². The van der Waals surface area contributed by atoms with E-state index >= 15 is 0 Å². The topological polar surface area (TPSA) is 86.6 Å². The number of rotatable bonds is 4. The summed E-state index contributed by atoms with van der Waals surface area (Å²) in [5, 5.41) is 18.5. The molecule has 0 radical (unpaired) electrons. The highest BCUT2D eigenvalue weighted by atomic mass is 19.4. The van der Waals surface area contributed by atoms with Crippen LogP contribution in [-0.4, -0.2) is 46.6 Å². The van der Waals surface area contributed by atoms with E-state index in [-0.39, 0.29) is 0 Å². The predicted molar refractivity (Wildman–Crippen MR) is 46.9 cm³/mol. The molecule has 0 saturated heterocycles. The zero-order valence-electron chi connectivity index (χ0n) is 9.26. The van der Waals surface area contributed by atoms with E-state index in [1.54, 1.807) is 0 Å². The van der Waals surface area contributed by atoms with E-state index in [1.165, 1.54) is 0 Å². The molecule has 0 saturated carbocycles. The number of carboxylic acids is 1. The van der Waals surface area contributed by atoms with Crippen molar-refractivity contribution in [1.29, 1.82) is 0 Å². The molecule has 0 rings (SSSR count). The van der Waals surface area contributed by atoms with E-state index in [4.69, 9.17) is 10.2 Å². The van der Waals surface area contributed by atoms with E-state index in [9.17, 15) is 35.9 Å². The molecule has 1 amide bonds. The number of halogens is 6. The minimum absolute atomic E-state index is 0.603. The van der Waals surface area contributed by atoms with Gasteiger partial charge in [0.2, 0.25) is 11.8 Å². The van der Waals surface area contributed by atoms with Crippen LogP contribution < -0.4 is 5.32 Å². The average Bonchev–Trinajstić information content (AvgIpc) is 2.09. The number of hydrogen-bond acceptors (Lipinski definition) is 3. The van der Waals surface area contributed by atoms with Crippen molar-refractivity contribution in [3.8, 4) is 0 Å². The maximum Gasteiger partial charge on any atom is 0.409 e. The number of aliphatic carboxylic acids is 1. The van der Waals surface area contributed by atoms with Gasteiger partial charge in [0.15, 0.2) is 5.60 Å². The molecule has 3 N–H and O–H groups in total. The van der Waals surface area contributed by atoms with Gasteiger partial charge in [0.25, 0.3) is 0 Å². The number of alkyl halides is 6. The third-order valence-electron chi connectivity index (χ3n) is 1.98. The Kier molecular flexibility index (Phi) is 4.81. The lowest BCUT2D eigenvalue weighted by molar-refractivity contribution is -0.274. The van der Waals surface area contributed by atoms with Crippen molar-refractivity contribution in [2.45, 2.75) is 24.9 Å². The van der Waals surface area contributed by atoms with Crippen molar-refractivity contribution in [2.75, 3.05) is 6.54 Å². The van der Waals surface area contributed by atoms with Crippen LogP contribution in [0.4, 0.5) is 26.3 Å². The maximum absolute atomic E-state index is 12.1. The van der Waals surface area contributed by atoms with Crippen molar-refractivity contribution >= 4 is 11.9 Å². The van der Waals surface area contributed by atoms with Gasteiger partial charge in [-0.05, 0) is 6.92 Å². The van der Waals surface area contributed by atoms with Crippen LogP contribution in [0.25, 0.3) is 0 Å². The monoisotopic (exact) mass is 297 g/mol.